The predicted octanol–water partition coefficient (Wildman–Crippen LogP) is 2.27. The number of hydrogen-bond acceptors (Lipinski definition) is 3. The van der Waals surface area contributed by atoms with Gasteiger partial charge < -0.3 is 4.74 Å². The Morgan fingerprint density at radius 3 is 3.00 bits per heavy atom. The number of hydrazine groups is 1. The van der Waals surface area contributed by atoms with Crippen molar-refractivity contribution in [2.24, 2.45) is 5.84 Å². The second-order valence-electron chi connectivity index (χ2n) is 3.84. The van der Waals surface area contributed by atoms with Crippen LogP contribution in [0.1, 0.15) is 24.4 Å². The first-order chi connectivity index (χ1) is 7.74. The summed E-state index contributed by atoms with van der Waals surface area (Å²) in [7, 11) is 0. The molecule has 1 saturated heterocycles. The third-order valence-corrected chi connectivity index (χ3v) is 3.45. The van der Waals surface area contributed by atoms with Crippen molar-refractivity contribution in [3.05, 3.63) is 34.1 Å². The van der Waals surface area contributed by atoms with Crippen LogP contribution in [-0.2, 0) is 4.74 Å². The molecular weight excluding hydrogens is 275 g/mol. The van der Waals surface area contributed by atoms with Gasteiger partial charge in [-0.3, -0.25) is 11.3 Å². The maximum absolute atomic E-state index is 13.9. The fourth-order valence-corrected chi connectivity index (χ4v) is 2.41. The quantitative estimate of drug-likeness (QED) is 0.663. The number of benzene rings is 1. The van der Waals surface area contributed by atoms with Crippen molar-refractivity contribution >= 4 is 15.9 Å². The lowest BCUT2D eigenvalue weighted by molar-refractivity contribution is 0.0771. The SMILES string of the molecule is NNC(c1cccc(Br)c1F)C1CCCO1. The van der Waals surface area contributed by atoms with E-state index in [2.05, 4.69) is 21.4 Å². The highest BCUT2D eigenvalue weighted by atomic mass is 79.9. The van der Waals surface area contributed by atoms with Crippen LogP contribution in [0.3, 0.4) is 0 Å². The summed E-state index contributed by atoms with van der Waals surface area (Å²) in [5.74, 6) is 5.21. The average Bonchev–Trinajstić information content (AvgIpc) is 2.79. The van der Waals surface area contributed by atoms with Crippen LogP contribution in [0.2, 0.25) is 0 Å². The lowest BCUT2D eigenvalue weighted by Gasteiger charge is -2.23. The van der Waals surface area contributed by atoms with Gasteiger partial charge in [0.15, 0.2) is 0 Å². The molecule has 3 N–H and O–H groups in total. The van der Waals surface area contributed by atoms with E-state index in [1.54, 1.807) is 18.2 Å². The van der Waals surface area contributed by atoms with Gasteiger partial charge in [-0.1, -0.05) is 12.1 Å². The Morgan fingerprint density at radius 1 is 1.56 bits per heavy atom. The second kappa shape index (κ2) is 5.23. The zero-order valence-corrected chi connectivity index (χ0v) is 10.3. The molecule has 0 aliphatic carbocycles. The molecule has 88 valence electrons. The van der Waals surface area contributed by atoms with Crippen LogP contribution in [0.4, 0.5) is 4.39 Å². The second-order valence-corrected chi connectivity index (χ2v) is 4.69. The van der Waals surface area contributed by atoms with Crippen LogP contribution in [-0.4, -0.2) is 12.7 Å². The van der Waals surface area contributed by atoms with Crippen molar-refractivity contribution < 1.29 is 9.13 Å². The molecule has 0 amide bonds. The predicted molar refractivity (Wildman–Crippen MR) is 63.1 cm³/mol. The largest absolute Gasteiger partial charge is 0.376 e. The first kappa shape index (κ1) is 12.0. The molecule has 1 fully saturated rings. The van der Waals surface area contributed by atoms with Gasteiger partial charge in [-0.15, -0.1) is 0 Å². The Kier molecular flexibility index (Phi) is 3.91. The van der Waals surface area contributed by atoms with E-state index in [1.807, 2.05) is 0 Å². The Labute approximate surface area is 102 Å². The van der Waals surface area contributed by atoms with Gasteiger partial charge in [-0.05, 0) is 34.8 Å². The van der Waals surface area contributed by atoms with Gasteiger partial charge >= 0.3 is 0 Å². The summed E-state index contributed by atoms with van der Waals surface area (Å²) in [5, 5.41) is 0. The van der Waals surface area contributed by atoms with Crippen molar-refractivity contribution in [3.8, 4) is 0 Å². The standard InChI is InChI=1S/C11H14BrFN2O/c12-8-4-1-3-7(10(8)13)11(15-14)9-5-2-6-16-9/h1,3-4,9,11,15H,2,5-6,14H2. The van der Waals surface area contributed by atoms with Gasteiger partial charge in [0.25, 0.3) is 0 Å². The zero-order valence-electron chi connectivity index (χ0n) is 8.75. The van der Waals surface area contributed by atoms with E-state index in [0.29, 0.717) is 10.0 Å². The first-order valence-corrected chi connectivity index (χ1v) is 6.05. The lowest BCUT2D eigenvalue weighted by atomic mass is 9.99. The Bertz CT molecular complexity index is 369. The summed E-state index contributed by atoms with van der Waals surface area (Å²) in [6, 6.07) is 4.90. The summed E-state index contributed by atoms with van der Waals surface area (Å²) in [6.07, 6.45) is 1.85. The van der Waals surface area contributed by atoms with Crippen molar-refractivity contribution in [3.63, 3.8) is 0 Å². The fourth-order valence-electron chi connectivity index (χ4n) is 2.02. The molecule has 16 heavy (non-hydrogen) atoms. The number of rotatable bonds is 3. The maximum Gasteiger partial charge on any atom is 0.142 e. The van der Waals surface area contributed by atoms with Gasteiger partial charge in [0.1, 0.15) is 5.82 Å². The summed E-state index contributed by atoms with van der Waals surface area (Å²) in [4.78, 5) is 0. The van der Waals surface area contributed by atoms with E-state index in [1.165, 1.54) is 0 Å². The molecule has 2 unspecified atom stereocenters. The number of halogens is 2. The number of nitrogens with one attached hydrogen (secondary N) is 1. The molecule has 5 heteroatoms. The molecule has 1 aliphatic rings. The van der Waals surface area contributed by atoms with Crippen LogP contribution in [0, 0.1) is 5.82 Å². The van der Waals surface area contributed by atoms with Gasteiger partial charge in [0.2, 0.25) is 0 Å². The maximum atomic E-state index is 13.9. The van der Waals surface area contributed by atoms with Crippen molar-refractivity contribution in [2.75, 3.05) is 6.61 Å². The van der Waals surface area contributed by atoms with Crippen molar-refractivity contribution in [2.45, 2.75) is 25.0 Å². The highest BCUT2D eigenvalue weighted by Gasteiger charge is 2.28. The molecule has 0 saturated carbocycles. The molecule has 1 aliphatic heterocycles. The van der Waals surface area contributed by atoms with E-state index in [0.717, 1.165) is 19.4 Å². The van der Waals surface area contributed by atoms with Crippen LogP contribution in [0.5, 0.6) is 0 Å². The number of hydrogen-bond donors (Lipinski definition) is 2. The molecule has 1 heterocycles. The molecule has 0 bridgehead atoms. The van der Waals surface area contributed by atoms with E-state index in [-0.39, 0.29) is 18.0 Å². The fraction of sp³-hybridized carbons (Fsp3) is 0.455. The first-order valence-electron chi connectivity index (χ1n) is 5.25. The highest BCUT2D eigenvalue weighted by Crippen LogP contribution is 2.30. The smallest absolute Gasteiger partial charge is 0.142 e. The van der Waals surface area contributed by atoms with Gasteiger partial charge in [-0.2, -0.15) is 0 Å². The molecule has 1 aromatic carbocycles. The summed E-state index contributed by atoms with van der Waals surface area (Å²) < 4.78 is 19.9. The minimum atomic E-state index is -0.292. The van der Waals surface area contributed by atoms with Gasteiger partial charge in [0.05, 0.1) is 16.6 Å². The lowest BCUT2D eigenvalue weighted by Crippen LogP contribution is -2.36. The molecule has 0 aromatic heterocycles. The zero-order chi connectivity index (χ0) is 11.5. The third-order valence-electron chi connectivity index (χ3n) is 2.83. The van der Waals surface area contributed by atoms with Crippen LogP contribution >= 0.6 is 15.9 Å². The molecule has 0 spiro atoms. The van der Waals surface area contributed by atoms with Crippen LogP contribution < -0.4 is 11.3 Å². The van der Waals surface area contributed by atoms with E-state index >= 15 is 0 Å². The van der Waals surface area contributed by atoms with Gasteiger partial charge in [-0.25, -0.2) is 4.39 Å². The molecule has 0 radical (unpaired) electrons. The molecule has 2 atom stereocenters. The Hall–Kier alpha value is -0.490. The highest BCUT2D eigenvalue weighted by molar-refractivity contribution is 9.10. The number of nitrogens with two attached hydrogens (primary N) is 1. The van der Waals surface area contributed by atoms with Crippen molar-refractivity contribution in [1.82, 2.24) is 5.43 Å². The van der Waals surface area contributed by atoms with E-state index < -0.39 is 0 Å². The summed E-state index contributed by atoms with van der Waals surface area (Å²) in [6.45, 7) is 0.721. The monoisotopic (exact) mass is 288 g/mol. The molecule has 3 nitrogen and oxygen atoms in total. The third kappa shape index (κ3) is 2.27. The Morgan fingerprint density at radius 2 is 2.38 bits per heavy atom. The van der Waals surface area contributed by atoms with E-state index in [9.17, 15) is 4.39 Å². The summed E-state index contributed by atoms with van der Waals surface area (Å²) >= 11 is 3.17. The Balaban J connectivity index is 2.28. The molecule has 1 aromatic rings. The topological polar surface area (TPSA) is 47.3 Å². The number of ether oxygens (including phenoxy) is 1. The van der Waals surface area contributed by atoms with Crippen molar-refractivity contribution in [1.29, 1.82) is 0 Å². The normalized spacial score (nSPS) is 22.3. The molecule has 2 rings (SSSR count). The minimum absolute atomic E-state index is 0.0474. The summed E-state index contributed by atoms with van der Waals surface area (Å²) in [5.41, 5.74) is 3.19. The van der Waals surface area contributed by atoms with Crippen LogP contribution in [0.25, 0.3) is 0 Å². The minimum Gasteiger partial charge on any atom is -0.376 e. The average molecular weight is 289 g/mol. The molecular formula is C11H14BrFN2O. The van der Waals surface area contributed by atoms with E-state index in [4.69, 9.17) is 10.6 Å². The van der Waals surface area contributed by atoms with Gasteiger partial charge in [0, 0.05) is 12.2 Å². The van der Waals surface area contributed by atoms with Crippen LogP contribution in [0.15, 0.2) is 22.7 Å².